The molecule has 1 aromatic heterocycles. The first-order valence-corrected chi connectivity index (χ1v) is 10.5. The highest BCUT2D eigenvalue weighted by molar-refractivity contribution is 9.11. The first kappa shape index (κ1) is 15.9. The molecule has 2 heterocycles. The Bertz CT molecular complexity index is 581. The first-order chi connectivity index (χ1) is 9.98. The van der Waals surface area contributed by atoms with Crippen molar-refractivity contribution in [1.82, 2.24) is 9.21 Å². The molecule has 118 valence electrons. The van der Waals surface area contributed by atoms with Crippen LogP contribution in [-0.4, -0.2) is 49.8 Å². The summed E-state index contributed by atoms with van der Waals surface area (Å²) >= 11 is 4.73. The number of sulfonamides is 1. The maximum Gasteiger partial charge on any atom is 0.252 e. The van der Waals surface area contributed by atoms with Crippen LogP contribution in [0.5, 0.6) is 0 Å². The number of nitrogens with zero attached hydrogens (tertiary/aromatic N) is 2. The Kier molecular flexibility index (Phi) is 4.76. The molecular formula is C14H21BrN2O2S2. The summed E-state index contributed by atoms with van der Waals surface area (Å²) in [7, 11) is -3.32. The van der Waals surface area contributed by atoms with Crippen LogP contribution in [0.15, 0.2) is 14.1 Å². The summed E-state index contributed by atoms with van der Waals surface area (Å²) in [6, 6.07) is 2.46. The molecule has 0 amide bonds. The van der Waals surface area contributed by atoms with Gasteiger partial charge in [0.15, 0.2) is 0 Å². The van der Waals surface area contributed by atoms with Gasteiger partial charge in [-0.2, -0.15) is 4.31 Å². The lowest BCUT2D eigenvalue weighted by molar-refractivity contribution is 0.139. The third-order valence-electron chi connectivity index (χ3n) is 4.54. The van der Waals surface area contributed by atoms with E-state index in [0.717, 1.165) is 22.4 Å². The van der Waals surface area contributed by atoms with E-state index in [1.807, 2.05) is 6.92 Å². The average Bonchev–Trinajstić information content (AvgIpc) is 3.10. The highest BCUT2D eigenvalue weighted by atomic mass is 79.9. The number of rotatable bonds is 3. The fraction of sp³-hybridized carbons (Fsp3) is 0.714. The van der Waals surface area contributed by atoms with Crippen molar-refractivity contribution in [2.45, 2.75) is 42.9 Å². The molecule has 7 heteroatoms. The van der Waals surface area contributed by atoms with Crippen LogP contribution in [0, 0.1) is 6.92 Å². The van der Waals surface area contributed by atoms with Crippen molar-refractivity contribution in [3.05, 3.63) is 15.4 Å². The summed E-state index contributed by atoms with van der Waals surface area (Å²) in [5.74, 6) is 0. The van der Waals surface area contributed by atoms with Crippen LogP contribution in [0.2, 0.25) is 0 Å². The number of aryl methyl sites for hydroxylation is 1. The Labute approximate surface area is 139 Å². The molecule has 1 saturated carbocycles. The Morgan fingerprint density at radius 2 is 1.81 bits per heavy atom. The standard InChI is InChI=1S/C14H21BrN2O2S2/c1-11-10-13(20-14(11)15)21(18,19)17-8-6-16(7-9-17)12-4-2-3-5-12/h10,12H,2-9H2,1H3. The minimum absolute atomic E-state index is 0.459. The second-order valence-corrected chi connectivity index (χ2v) is 10.4. The van der Waals surface area contributed by atoms with Gasteiger partial charge in [-0.15, -0.1) is 11.3 Å². The van der Waals surface area contributed by atoms with Gasteiger partial charge in [0.1, 0.15) is 4.21 Å². The van der Waals surface area contributed by atoms with E-state index in [2.05, 4.69) is 20.8 Å². The fourth-order valence-electron chi connectivity index (χ4n) is 3.26. The molecule has 21 heavy (non-hydrogen) atoms. The zero-order chi connectivity index (χ0) is 15.0. The minimum Gasteiger partial charge on any atom is -0.298 e. The molecule has 2 fully saturated rings. The van der Waals surface area contributed by atoms with Crippen molar-refractivity contribution in [2.75, 3.05) is 26.2 Å². The molecule has 0 aromatic carbocycles. The summed E-state index contributed by atoms with van der Waals surface area (Å²) < 4.78 is 28.4. The van der Waals surface area contributed by atoms with Crippen molar-refractivity contribution < 1.29 is 8.42 Å². The van der Waals surface area contributed by atoms with Gasteiger partial charge in [-0.25, -0.2) is 8.42 Å². The second kappa shape index (κ2) is 6.28. The van der Waals surface area contributed by atoms with Gasteiger partial charge in [0.25, 0.3) is 10.0 Å². The average molecular weight is 393 g/mol. The van der Waals surface area contributed by atoms with E-state index < -0.39 is 10.0 Å². The molecule has 2 aliphatic rings. The van der Waals surface area contributed by atoms with E-state index in [1.54, 1.807) is 10.4 Å². The second-order valence-electron chi connectivity index (χ2n) is 5.90. The Balaban J connectivity index is 1.68. The molecule has 3 rings (SSSR count). The molecule has 0 unspecified atom stereocenters. The smallest absolute Gasteiger partial charge is 0.252 e. The lowest BCUT2D eigenvalue weighted by Crippen LogP contribution is -2.51. The van der Waals surface area contributed by atoms with Crippen LogP contribution in [0.25, 0.3) is 0 Å². The number of hydrogen-bond donors (Lipinski definition) is 0. The predicted molar refractivity (Wildman–Crippen MR) is 89.3 cm³/mol. The van der Waals surface area contributed by atoms with Crippen molar-refractivity contribution in [2.24, 2.45) is 0 Å². The van der Waals surface area contributed by atoms with E-state index in [-0.39, 0.29) is 0 Å². The first-order valence-electron chi connectivity index (χ1n) is 7.48. The molecule has 1 aromatic rings. The molecule has 0 N–H and O–H groups in total. The summed E-state index contributed by atoms with van der Waals surface area (Å²) in [4.78, 5) is 2.48. The topological polar surface area (TPSA) is 40.6 Å². The Morgan fingerprint density at radius 3 is 2.33 bits per heavy atom. The zero-order valence-corrected chi connectivity index (χ0v) is 15.4. The Morgan fingerprint density at radius 1 is 1.19 bits per heavy atom. The van der Waals surface area contributed by atoms with Crippen LogP contribution in [0.4, 0.5) is 0 Å². The monoisotopic (exact) mass is 392 g/mol. The fourth-order valence-corrected chi connectivity index (χ4v) is 7.07. The van der Waals surface area contributed by atoms with Crippen molar-refractivity contribution in [3.8, 4) is 0 Å². The maximum absolute atomic E-state index is 12.7. The molecule has 0 spiro atoms. The van der Waals surface area contributed by atoms with E-state index in [1.165, 1.54) is 37.0 Å². The lowest BCUT2D eigenvalue weighted by Gasteiger charge is -2.37. The third kappa shape index (κ3) is 3.22. The van der Waals surface area contributed by atoms with E-state index in [4.69, 9.17) is 0 Å². The molecule has 1 saturated heterocycles. The molecule has 4 nitrogen and oxygen atoms in total. The van der Waals surface area contributed by atoms with Crippen molar-refractivity contribution >= 4 is 37.3 Å². The normalized spacial score (nSPS) is 23.0. The number of piperazine rings is 1. The number of thiophene rings is 1. The van der Waals surface area contributed by atoms with Gasteiger partial charge in [-0.1, -0.05) is 12.8 Å². The molecule has 0 radical (unpaired) electrons. The van der Waals surface area contributed by atoms with Gasteiger partial charge < -0.3 is 0 Å². The van der Waals surface area contributed by atoms with E-state index in [9.17, 15) is 8.42 Å². The van der Waals surface area contributed by atoms with Crippen LogP contribution < -0.4 is 0 Å². The highest BCUT2D eigenvalue weighted by Crippen LogP contribution is 2.33. The van der Waals surface area contributed by atoms with Gasteiger partial charge in [0, 0.05) is 32.2 Å². The van der Waals surface area contributed by atoms with Crippen LogP contribution in [-0.2, 0) is 10.0 Å². The molecule has 0 bridgehead atoms. The molecule has 0 atom stereocenters. The maximum atomic E-state index is 12.7. The van der Waals surface area contributed by atoms with Gasteiger partial charge in [0.05, 0.1) is 3.79 Å². The van der Waals surface area contributed by atoms with Gasteiger partial charge >= 0.3 is 0 Å². The highest BCUT2D eigenvalue weighted by Gasteiger charge is 2.32. The van der Waals surface area contributed by atoms with Gasteiger partial charge in [-0.3, -0.25) is 4.90 Å². The van der Waals surface area contributed by atoms with Crippen LogP contribution in [0.1, 0.15) is 31.2 Å². The summed E-state index contributed by atoms with van der Waals surface area (Å²) in [6.45, 7) is 4.91. The summed E-state index contributed by atoms with van der Waals surface area (Å²) in [6.07, 6.45) is 5.21. The lowest BCUT2D eigenvalue weighted by atomic mass is 10.2. The summed E-state index contributed by atoms with van der Waals surface area (Å²) in [5, 5.41) is 0. The number of hydrogen-bond acceptors (Lipinski definition) is 4. The largest absolute Gasteiger partial charge is 0.298 e. The predicted octanol–water partition coefficient (Wildman–Crippen LogP) is 3.07. The van der Waals surface area contributed by atoms with E-state index in [0.29, 0.717) is 23.3 Å². The summed E-state index contributed by atoms with van der Waals surface area (Å²) in [5.41, 5.74) is 0.989. The Hall–Kier alpha value is 0.0500. The van der Waals surface area contributed by atoms with Gasteiger partial charge in [-0.05, 0) is 47.3 Å². The quantitative estimate of drug-likeness (QED) is 0.793. The molecule has 1 aliphatic carbocycles. The minimum atomic E-state index is -3.32. The SMILES string of the molecule is Cc1cc(S(=O)(=O)N2CCN(C3CCCC3)CC2)sc1Br. The van der Waals surface area contributed by atoms with E-state index >= 15 is 0 Å². The zero-order valence-electron chi connectivity index (χ0n) is 12.2. The van der Waals surface area contributed by atoms with Crippen molar-refractivity contribution in [3.63, 3.8) is 0 Å². The molecular weight excluding hydrogens is 372 g/mol. The third-order valence-corrected chi connectivity index (χ3v) is 9.03. The van der Waals surface area contributed by atoms with Crippen LogP contribution >= 0.6 is 27.3 Å². The van der Waals surface area contributed by atoms with Crippen LogP contribution in [0.3, 0.4) is 0 Å². The van der Waals surface area contributed by atoms with Gasteiger partial charge in [0.2, 0.25) is 0 Å². The molecule has 1 aliphatic heterocycles. The van der Waals surface area contributed by atoms with Crippen molar-refractivity contribution in [1.29, 1.82) is 0 Å². The number of halogens is 1.